The molecule has 2 nitrogen and oxygen atoms in total. The summed E-state index contributed by atoms with van der Waals surface area (Å²) in [6.45, 7) is 3.59. The van der Waals surface area contributed by atoms with Gasteiger partial charge in [0.1, 0.15) is 0 Å². The van der Waals surface area contributed by atoms with Crippen molar-refractivity contribution >= 4 is 0 Å². The van der Waals surface area contributed by atoms with Gasteiger partial charge in [-0.05, 0) is 6.42 Å². The molecule has 0 aromatic rings. The lowest BCUT2D eigenvalue weighted by Gasteiger charge is -2.03. The molecule has 0 amide bonds. The predicted molar refractivity (Wildman–Crippen MR) is 53.4 cm³/mol. The zero-order valence-corrected chi connectivity index (χ0v) is 7.24. The van der Waals surface area contributed by atoms with E-state index in [1.165, 1.54) is 0 Å². The number of nitrogens with two attached hydrogens (primary N) is 2. The molecule has 0 fully saturated rings. The molecule has 2 heteroatoms. The number of hydrogen-bond acceptors (Lipinski definition) is 2. The molecule has 0 saturated heterocycles. The van der Waals surface area contributed by atoms with E-state index in [1.807, 2.05) is 12.2 Å². The van der Waals surface area contributed by atoms with Gasteiger partial charge >= 0.3 is 0 Å². The molecule has 0 aromatic heterocycles. The average Bonchev–Trinajstić information content (AvgIpc) is 2.02. The van der Waals surface area contributed by atoms with Crippen molar-refractivity contribution in [3.05, 3.63) is 24.8 Å². The van der Waals surface area contributed by atoms with Crippen LogP contribution in [0.2, 0.25) is 0 Å². The van der Waals surface area contributed by atoms with Crippen LogP contribution in [-0.2, 0) is 0 Å². The van der Waals surface area contributed by atoms with Gasteiger partial charge in [0.15, 0.2) is 0 Å². The van der Waals surface area contributed by atoms with Crippen LogP contribution in [0.15, 0.2) is 24.8 Å². The summed E-state index contributed by atoms with van der Waals surface area (Å²) in [5.41, 5.74) is 11.3. The molecule has 0 radical (unpaired) electrons. The molecule has 0 aliphatic carbocycles. The third-order valence-corrected chi connectivity index (χ3v) is 1.40. The second kappa shape index (κ2) is 6.66. The maximum atomic E-state index is 5.66. The molecular weight excluding hydrogens is 148 g/mol. The minimum atomic E-state index is -0.0779. The monoisotopic (exact) mass is 164 g/mol. The second-order valence-electron chi connectivity index (χ2n) is 2.65. The van der Waals surface area contributed by atoms with E-state index in [4.69, 9.17) is 17.9 Å². The molecule has 0 saturated carbocycles. The van der Waals surface area contributed by atoms with Crippen molar-refractivity contribution < 1.29 is 0 Å². The lowest BCUT2D eigenvalue weighted by Crippen LogP contribution is -2.20. The SMILES string of the molecule is C#CCC(N)/C=C/C(N)CC=C. The lowest BCUT2D eigenvalue weighted by molar-refractivity contribution is 0.801. The normalized spacial score (nSPS) is 15.4. The van der Waals surface area contributed by atoms with Crippen LogP contribution in [0.4, 0.5) is 0 Å². The first-order valence-corrected chi connectivity index (χ1v) is 3.94. The zero-order valence-electron chi connectivity index (χ0n) is 7.24. The highest BCUT2D eigenvalue weighted by Gasteiger charge is 1.95. The number of rotatable bonds is 5. The van der Waals surface area contributed by atoms with E-state index in [0.717, 1.165) is 6.42 Å². The predicted octanol–water partition coefficient (Wildman–Crippen LogP) is 0.797. The van der Waals surface area contributed by atoms with E-state index < -0.39 is 0 Å². The van der Waals surface area contributed by atoms with Gasteiger partial charge in [-0.1, -0.05) is 18.2 Å². The first kappa shape index (κ1) is 11.0. The van der Waals surface area contributed by atoms with Gasteiger partial charge in [-0.25, -0.2) is 0 Å². The van der Waals surface area contributed by atoms with Crippen LogP contribution in [0.1, 0.15) is 12.8 Å². The highest BCUT2D eigenvalue weighted by atomic mass is 14.6. The smallest absolute Gasteiger partial charge is 0.0335 e. The van der Waals surface area contributed by atoms with Crippen LogP contribution >= 0.6 is 0 Å². The Morgan fingerprint density at radius 2 is 1.92 bits per heavy atom. The Morgan fingerprint density at radius 3 is 2.42 bits per heavy atom. The first-order chi connectivity index (χ1) is 5.70. The zero-order chi connectivity index (χ0) is 9.40. The van der Waals surface area contributed by atoms with Crippen molar-refractivity contribution in [3.63, 3.8) is 0 Å². The fraction of sp³-hybridized carbons (Fsp3) is 0.400. The van der Waals surface area contributed by atoms with E-state index in [1.54, 1.807) is 6.08 Å². The van der Waals surface area contributed by atoms with E-state index in [9.17, 15) is 0 Å². The molecule has 0 aliphatic rings. The molecule has 0 spiro atoms. The summed E-state index contributed by atoms with van der Waals surface area (Å²) in [6, 6.07) is -0.0720. The highest BCUT2D eigenvalue weighted by molar-refractivity contribution is 5.03. The lowest BCUT2D eigenvalue weighted by atomic mass is 10.1. The molecule has 12 heavy (non-hydrogen) atoms. The summed E-state index contributed by atoms with van der Waals surface area (Å²) < 4.78 is 0. The van der Waals surface area contributed by atoms with E-state index in [2.05, 4.69) is 12.5 Å². The molecule has 0 bridgehead atoms. The van der Waals surface area contributed by atoms with Crippen LogP contribution in [-0.4, -0.2) is 12.1 Å². The van der Waals surface area contributed by atoms with Crippen LogP contribution in [0.25, 0.3) is 0 Å². The third-order valence-electron chi connectivity index (χ3n) is 1.40. The van der Waals surface area contributed by atoms with E-state index >= 15 is 0 Å². The minimum absolute atomic E-state index is 0.00586. The Bertz CT molecular complexity index is 189. The summed E-state index contributed by atoms with van der Waals surface area (Å²) >= 11 is 0. The van der Waals surface area contributed by atoms with Gasteiger partial charge in [0.05, 0.1) is 0 Å². The summed E-state index contributed by atoms with van der Waals surface area (Å²) in [7, 11) is 0. The van der Waals surface area contributed by atoms with Gasteiger partial charge in [0, 0.05) is 18.5 Å². The topological polar surface area (TPSA) is 52.0 Å². The van der Waals surface area contributed by atoms with Crippen molar-refractivity contribution in [1.29, 1.82) is 0 Å². The average molecular weight is 164 g/mol. The number of hydrogen-bond donors (Lipinski definition) is 2. The van der Waals surface area contributed by atoms with Crippen LogP contribution in [0.3, 0.4) is 0 Å². The van der Waals surface area contributed by atoms with Gasteiger partial charge in [-0.2, -0.15) is 0 Å². The fourth-order valence-corrected chi connectivity index (χ4v) is 0.761. The Labute approximate surface area is 74.3 Å². The minimum Gasteiger partial charge on any atom is -0.324 e. The van der Waals surface area contributed by atoms with Gasteiger partial charge in [-0.3, -0.25) is 0 Å². The van der Waals surface area contributed by atoms with Crippen LogP contribution < -0.4 is 11.5 Å². The van der Waals surface area contributed by atoms with Gasteiger partial charge in [0.25, 0.3) is 0 Å². The van der Waals surface area contributed by atoms with Crippen molar-refractivity contribution in [2.75, 3.05) is 0 Å². The molecule has 0 rings (SSSR count). The molecule has 0 heterocycles. The molecule has 0 aromatic carbocycles. The summed E-state index contributed by atoms with van der Waals surface area (Å²) in [4.78, 5) is 0. The maximum Gasteiger partial charge on any atom is 0.0335 e. The van der Waals surface area contributed by atoms with Crippen molar-refractivity contribution in [1.82, 2.24) is 0 Å². The third kappa shape index (κ3) is 5.72. The standard InChI is InChI=1S/C10H16N2/c1-3-5-9(11)7-8-10(12)6-4-2/h1,4,7-10H,2,5-6,11-12H2/b8-7+. The van der Waals surface area contributed by atoms with Gasteiger partial charge in [0.2, 0.25) is 0 Å². The quantitative estimate of drug-likeness (QED) is 0.466. The molecular formula is C10H16N2. The second-order valence-corrected chi connectivity index (χ2v) is 2.65. The molecule has 2 atom stereocenters. The summed E-state index contributed by atoms with van der Waals surface area (Å²) in [5, 5.41) is 0. The molecule has 66 valence electrons. The molecule has 4 N–H and O–H groups in total. The number of terminal acetylenes is 1. The first-order valence-electron chi connectivity index (χ1n) is 3.94. The summed E-state index contributed by atoms with van der Waals surface area (Å²) in [6.07, 6.45) is 11.9. The maximum absolute atomic E-state index is 5.66. The highest BCUT2D eigenvalue weighted by Crippen LogP contribution is 1.94. The fourth-order valence-electron chi connectivity index (χ4n) is 0.761. The Hall–Kier alpha value is -1.04. The van der Waals surface area contributed by atoms with E-state index in [-0.39, 0.29) is 12.1 Å². The summed E-state index contributed by atoms with van der Waals surface area (Å²) in [5.74, 6) is 2.49. The Balaban J connectivity index is 3.73. The Morgan fingerprint density at radius 1 is 1.33 bits per heavy atom. The van der Waals surface area contributed by atoms with Gasteiger partial charge < -0.3 is 11.5 Å². The van der Waals surface area contributed by atoms with E-state index in [0.29, 0.717) is 6.42 Å². The van der Waals surface area contributed by atoms with Crippen molar-refractivity contribution in [2.24, 2.45) is 11.5 Å². The van der Waals surface area contributed by atoms with Crippen LogP contribution in [0.5, 0.6) is 0 Å². The van der Waals surface area contributed by atoms with Crippen molar-refractivity contribution in [3.8, 4) is 12.3 Å². The molecule has 0 aliphatic heterocycles. The largest absolute Gasteiger partial charge is 0.324 e. The molecule has 2 unspecified atom stereocenters. The van der Waals surface area contributed by atoms with Crippen molar-refractivity contribution in [2.45, 2.75) is 24.9 Å². The van der Waals surface area contributed by atoms with Gasteiger partial charge in [-0.15, -0.1) is 18.9 Å². The van der Waals surface area contributed by atoms with Crippen LogP contribution in [0, 0.1) is 12.3 Å². The Kier molecular flexibility index (Phi) is 6.08.